The molecule has 0 amide bonds. The van der Waals surface area contributed by atoms with E-state index in [-0.39, 0.29) is 30.8 Å². The van der Waals surface area contributed by atoms with Gasteiger partial charge in [-0.15, -0.1) is 0 Å². The molecule has 0 spiro atoms. The van der Waals surface area contributed by atoms with Crippen molar-refractivity contribution in [1.29, 1.82) is 0 Å². The summed E-state index contributed by atoms with van der Waals surface area (Å²) in [5.41, 5.74) is 0.408. The third-order valence-electron chi connectivity index (χ3n) is 2.50. The van der Waals surface area contributed by atoms with Crippen molar-refractivity contribution >= 4 is 11.9 Å². The smallest absolute Gasteiger partial charge is 0.333 e. The lowest BCUT2D eigenvalue weighted by Gasteiger charge is -2.04. The van der Waals surface area contributed by atoms with E-state index >= 15 is 0 Å². The van der Waals surface area contributed by atoms with Gasteiger partial charge in [0.05, 0.1) is 26.4 Å². The van der Waals surface area contributed by atoms with E-state index in [1.165, 1.54) is 0 Å². The largest absolute Gasteiger partial charge is 0.460 e. The first-order valence-electron chi connectivity index (χ1n) is 6.95. The molecular formula is C15H22O7. The molecule has 0 N–H and O–H groups in total. The Bertz CT molecular complexity index is 397. The highest BCUT2D eigenvalue weighted by Gasteiger charge is 2.23. The van der Waals surface area contributed by atoms with Crippen LogP contribution in [-0.4, -0.2) is 63.8 Å². The zero-order valence-electron chi connectivity index (χ0n) is 12.7. The molecule has 2 aliphatic rings. The average molecular weight is 314 g/mol. The molecule has 0 aromatic carbocycles. The summed E-state index contributed by atoms with van der Waals surface area (Å²) >= 11 is 0. The standard InChI is InChI=1S/C9H14O4.C6H8O3/c1-7(2)9(10)12-4-3-11-5-8-6-13-8;1-2-6(7)9-4-5-3-8-5/h8H,1,3-6H2,2H3;2,5H,1,3-4H2. The predicted molar refractivity (Wildman–Crippen MR) is 77.2 cm³/mol. The summed E-state index contributed by atoms with van der Waals surface area (Å²) in [6.07, 6.45) is 1.55. The molecule has 7 nitrogen and oxygen atoms in total. The minimum atomic E-state index is -0.384. The highest BCUT2D eigenvalue weighted by molar-refractivity contribution is 5.86. The molecule has 0 radical (unpaired) electrons. The van der Waals surface area contributed by atoms with Crippen LogP contribution in [0.1, 0.15) is 6.92 Å². The summed E-state index contributed by atoms with van der Waals surface area (Å²) in [7, 11) is 0. The Hall–Kier alpha value is -1.70. The second-order valence-electron chi connectivity index (χ2n) is 4.74. The van der Waals surface area contributed by atoms with Crippen molar-refractivity contribution in [3.8, 4) is 0 Å². The molecule has 0 aromatic heterocycles. The number of carbonyl (C=O) groups is 2. The van der Waals surface area contributed by atoms with Crippen molar-refractivity contribution in [2.45, 2.75) is 19.1 Å². The van der Waals surface area contributed by atoms with Crippen LogP contribution in [0.5, 0.6) is 0 Å². The number of hydrogen-bond donors (Lipinski definition) is 0. The summed E-state index contributed by atoms with van der Waals surface area (Å²) in [6, 6.07) is 0. The molecule has 2 aliphatic heterocycles. The number of epoxide rings is 2. The van der Waals surface area contributed by atoms with E-state index in [0.717, 1.165) is 12.7 Å². The zero-order chi connectivity index (χ0) is 16.4. The molecule has 0 aromatic rings. The fraction of sp³-hybridized carbons (Fsp3) is 0.600. The highest BCUT2D eigenvalue weighted by atomic mass is 16.6. The van der Waals surface area contributed by atoms with Gasteiger partial charge < -0.3 is 23.7 Å². The van der Waals surface area contributed by atoms with Crippen LogP contribution in [0.25, 0.3) is 0 Å². The Labute approximate surface area is 129 Å². The Morgan fingerprint density at radius 3 is 2.23 bits per heavy atom. The van der Waals surface area contributed by atoms with Crippen LogP contribution in [0.2, 0.25) is 0 Å². The fourth-order valence-corrected chi connectivity index (χ4v) is 1.09. The summed E-state index contributed by atoms with van der Waals surface area (Å²) in [5, 5.41) is 0. The third kappa shape index (κ3) is 10.1. The van der Waals surface area contributed by atoms with Crippen molar-refractivity contribution in [1.82, 2.24) is 0 Å². The number of rotatable bonds is 9. The van der Waals surface area contributed by atoms with Crippen molar-refractivity contribution in [2.75, 3.05) is 39.6 Å². The first-order chi connectivity index (χ1) is 10.5. The zero-order valence-corrected chi connectivity index (χ0v) is 12.7. The fourth-order valence-electron chi connectivity index (χ4n) is 1.09. The monoisotopic (exact) mass is 314 g/mol. The SMILES string of the molecule is C=C(C)C(=O)OCCOCC1CO1.C=CC(=O)OCC1CO1. The molecular weight excluding hydrogens is 292 g/mol. The van der Waals surface area contributed by atoms with E-state index in [4.69, 9.17) is 18.9 Å². The van der Waals surface area contributed by atoms with Gasteiger partial charge in [0.2, 0.25) is 0 Å². The minimum Gasteiger partial charge on any atom is -0.460 e. The summed E-state index contributed by atoms with van der Waals surface area (Å²) in [6.45, 7) is 11.5. The maximum atomic E-state index is 10.9. The van der Waals surface area contributed by atoms with E-state index in [2.05, 4.69) is 17.9 Å². The second kappa shape index (κ2) is 10.1. The van der Waals surface area contributed by atoms with Gasteiger partial charge in [0, 0.05) is 11.6 Å². The Balaban J connectivity index is 0.000000235. The average Bonchev–Trinajstić information content (AvgIpc) is 3.38. The van der Waals surface area contributed by atoms with Crippen LogP contribution in [0.4, 0.5) is 0 Å². The Morgan fingerprint density at radius 2 is 1.73 bits per heavy atom. The molecule has 7 heteroatoms. The van der Waals surface area contributed by atoms with Gasteiger partial charge in [-0.25, -0.2) is 9.59 Å². The molecule has 0 aliphatic carbocycles. The lowest BCUT2D eigenvalue weighted by molar-refractivity contribution is -0.140. The van der Waals surface area contributed by atoms with E-state index in [9.17, 15) is 9.59 Å². The normalized spacial score (nSPS) is 21.0. The highest BCUT2D eigenvalue weighted by Crippen LogP contribution is 2.08. The first kappa shape index (κ1) is 18.3. The molecule has 2 fully saturated rings. The second-order valence-corrected chi connectivity index (χ2v) is 4.74. The van der Waals surface area contributed by atoms with Crippen LogP contribution < -0.4 is 0 Å². The van der Waals surface area contributed by atoms with E-state index in [1.807, 2.05) is 0 Å². The van der Waals surface area contributed by atoms with Gasteiger partial charge >= 0.3 is 11.9 Å². The maximum absolute atomic E-state index is 10.9. The number of esters is 2. The predicted octanol–water partition coefficient (Wildman–Crippen LogP) is 0.635. The molecule has 22 heavy (non-hydrogen) atoms. The van der Waals surface area contributed by atoms with Crippen LogP contribution in [-0.2, 0) is 33.3 Å². The van der Waals surface area contributed by atoms with Crippen molar-refractivity contribution in [3.63, 3.8) is 0 Å². The molecule has 2 unspecified atom stereocenters. The van der Waals surface area contributed by atoms with Gasteiger partial charge in [0.1, 0.15) is 25.4 Å². The summed E-state index contributed by atoms with van der Waals surface area (Å²) in [4.78, 5) is 21.2. The Kier molecular flexibility index (Phi) is 8.42. The topological polar surface area (TPSA) is 86.9 Å². The minimum absolute atomic E-state index is 0.147. The summed E-state index contributed by atoms with van der Waals surface area (Å²) < 4.78 is 24.3. The maximum Gasteiger partial charge on any atom is 0.333 e. The van der Waals surface area contributed by atoms with Crippen LogP contribution in [0.3, 0.4) is 0 Å². The molecule has 2 heterocycles. The van der Waals surface area contributed by atoms with Gasteiger partial charge in [-0.05, 0) is 6.92 Å². The van der Waals surface area contributed by atoms with E-state index in [1.54, 1.807) is 6.92 Å². The van der Waals surface area contributed by atoms with Crippen molar-refractivity contribution in [3.05, 3.63) is 24.8 Å². The van der Waals surface area contributed by atoms with Crippen LogP contribution in [0.15, 0.2) is 24.8 Å². The van der Waals surface area contributed by atoms with Crippen molar-refractivity contribution in [2.24, 2.45) is 0 Å². The molecule has 2 rings (SSSR count). The molecule has 2 atom stereocenters. The van der Waals surface area contributed by atoms with Gasteiger partial charge in [-0.3, -0.25) is 0 Å². The molecule has 2 saturated heterocycles. The van der Waals surface area contributed by atoms with Gasteiger partial charge in [-0.2, -0.15) is 0 Å². The lowest BCUT2D eigenvalue weighted by atomic mass is 10.4. The van der Waals surface area contributed by atoms with Gasteiger partial charge in [0.25, 0.3) is 0 Å². The molecule has 124 valence electrons. The summed E-state index contributed by atoms with van der Waals surface area (Å²) in [5.74, 6) is -0.753. The number of carbonyl (C=O) groups excluding carboxylic acids is 2. The van der Waals surface area contributed by atoms with Gasteiger partial charge in [0.15, 0.2) is 0 Å². The van der Waals surface area contributed by atoms with E-state index in [0.29, 0.717) is 32.0 Å². The molecule has 0 bridgehead atoms. The first-order valence-corrected chi connectivity index (χ1v) is 6.95. The third-order valence-corrected chi connectivity index (χ3v) is 2.50. The van der Waals surface area contributed by atoms with Crippen molar-refractivity contribution < 1.29 is 33.3 Å². The molecule has 0 saturated carbocycles. The van der Waals surface area contributed by atoms with E-state index < -0.39 is 0 Å². The number of hydrogen-bond acceptors (Lipinski definition) is 7. The van der Waals surface area contributed by atoms with Crippen LogP contribution >= 0.6 is 0 Å². The van der Waals surface area contributed by atoms with Gasteiger partial charge in [-0.1, -0.05) is 13.2 Å². The van der Waals surface area contributed by atoms with Crippen LogP contribution in [0, 0.1) is 0 Å². The number of ether oxygens (including phenoxy) is 5. The Morgan fingerprint density at radius 1 is 1.14 bits per heavy atom. The quantitative estimate of drug-likeness (QED) is 0.267. The lowest BCUT2D eigenvalue weighted by Crippen LogP contribution is -2.12.